The Morgan fingerprint density at radius 2 is 2.06 bits per heavy atom. The van der Waals surface area contributed by atoms with E-state index in [-0.39, 0.29) is 12.6 Å². The van der Waals surface area contributed by atoms with Crippen molar-refractivity contribution in [3.05, 3.63) is 35.9 Å². The molecule has 0 bridgehead atoms. The van der Waals surface area contributed by atoms with Gasteiger partial charge in [0.2, 0.25) is 0 Å². The lowest BCUT2D eigenvalue weighted by Crippen LogP contribution is -2.40. The highest BCUT2D eigenvalue weighted by atomic mass is 16.5. The van der Waals surface area contributed by atoms with E-state index in [0.29, 0.717) is 13.3 Å². The number of hydrogen-bond donors (Lipinski definition) is 2. The molecular weight excluding hydrogens is 232 g/mol. The van der Waals surface area contributed by atoms with Crippen LogP contribution < -0.4 is 10.6 Å². The smallest absolute Gasteiger partial charge is 0.407 e. The molecule has 0 heterocycles. The normalized spacial score (nSPS) is 11.9. The zero-order valence-corrected chi connectivity index (χ0v) is 10.8. The summed E-state index contributed by atoms with van der Waals surface area (Å²) in [7, 11) is 1.61. The van der Waals surface area contributed by atoms with E-state index < -0.39 is 6.09 Å². The van der Waals surface area contributed by atoms with Crippen LogP contribution >= 0.6 is 0 Å². The first-order valence-electron chi connectivity index (χ1n) is 5.89. The first-order valence-corrected chi connectivity index (χ1v) is 5.89. The minimum Gasteiger partial charge on any atom is -0.445 e. The first kappa shape index (κ1) is 14.5. The summed E-state index contributed by atoms with van der Waals surface area (Å²) in [5, 5.41) is 5.75. The van der Waals surface area contributed by atoms with Gasteiger partial charge in [0, 0.05) is 19.7 Å². The molecule has 1 amide bonds. The molecule has 0 unspecified atom stereocenters. The maximum absolute atomic E-state index is 11.5. The third-order valence-electron chi connectivity index (χ3n) is 2.27. The molecule has 1 atom stereocenters. The Labute approximate surface area is 107 Å². The van der Waals surface area contributed by atoms with Crippen molar-refractivity contribution < 1.29 is 14.3 Å². The molecule has 1 aromatic carbocycles. The van der Waals surface area contributed by atoms with E-state index in [1.165, 1.54) is 0 Å². The lowest BCUT2D eigenvalue weighted by molar-refractivity contribution is 0.134. The van der Waals surface area contributed by atoms with Crippen LogP contribution in [0.15, 0.2) is 30.3 Å². The molecular formula is C13H20N2O3. The number of rotatable bonds is 7. The molecule has 0 aliphatic carbocycles. The molecule has 0 aliphatic heterocycles. The highest BCUT2D eigenvalue weighted by Gasteiger charge is 2.07. The van der Waals surface area contributed by atoms with Crippen molar-refractivity contribution >= 4 is 6.09 Å². The molecule has 0 saturated heterocycles. The number of carbonyl (C=O) groups is 1. The van der Waals surface area contributed by atoms with Gasteiger partial charge < -0.3 is 14.8 Å². The van der Waals surface area contributed by atoms with Crippen LogP contribution in [-0.2, 0) is 16.1 Å². The van der Waals surface area contributed by atoms with E-state index in [2.05, 4.69) is 10.6 Å². The van der Waals surface area contributed by atoms with Crippen LogP contribution in [-0.4, -0.2) is 32.5 Å². The lowest BCUT2D eigenvalue weighted by atomic mass is 10.2. The maximum Gasteiger partial charge on any atom is 0.407 e. The monoisotopic (exact) mass is 252 g/mol. The first-order chi connectivity index (χ1) is 8.72. The molecule has 100 valence electrons. The van der Waals surface area contributed by atoms with Crippen LogP contribution in [0.5, 0.6) is 0 Å². The minimum atomic E-state index is -0.412. The highest BCUT2D eigenvalue weighted by molar-refractivity contribution is 5.67. The van der Waals surface area contributed by atoms with E-state index in [0.717, 1.165) is 5.56 Å². The van der Waals surface area contributed by atoms with E-state index in [9.17, 15) is 4.79 Å². The fourth-order valence-corrected chi connectivity index (χ4v) is 1.39. The Morgan fingerprint density at radius 1 is 1.33 bits per heavy atom. The number of carbonyl (C=O) groups excluding carboxylic acids is 1. The third-order valence-corrected chi connectivity index (χ3v) is 2.27. The zero-order valence-electron chi connectivity index (χ0n) is 10.8. The number of methoxy groups -OCH3 is 1. The van der Waals surface area contributed by atoms with Crippen molar-refractivity contribution in [3.63, 3.8) is 0 Å². The van der Waals surface area contributed by atoms with Gasteiger partial charge in [-0.2, -0.15) is 0 Å². The van der Waals surface area contributed by atoms with Crippen molar-refractivity contribution in [1.29, 1.82) is 0 Å². The molecule has 0 saturated carbocycles. The predicted molar refractivity (Wildman–Crippen MR) is 69.1 cm³/mol. The van der Waals surface area contributed by atoms with Gasteiger partial charge in [-0.1, -0.05) is 30.3 Å². The molecule has 0 aliphatic rings. The van der Waals surface area contributed by atoms with Gasteiger partial charge in [0.25, 0.3) is 0 Å². The second kappa shape index (κ2) is 8.49. The summed E-state index contributed by atoms with van der Waals surface area (Å²) in [6, 6.07) is 9.56. The standard InChI is InChI=1S/C13H20N2O3/c1-11(8-14-10-17-2)15-13(16)18-9-12-6-4-3-5-7-12/h3-7,11,14H,8-10H2,1-2H3,(H,15,16)/t11-/m0/s1. The molecule has 5 nitrogen and oxygen atoms in total. The molecule has 1 aromatic rings. The van der Waals surface area contributed by atoms with Crippen molar-refractivity contribution in [2.45, 2.75) is 19.6 Å². The molecule has 5 heteroatoms. The number of nitrogens with one attached hydrogen (secondary N) is 2. The molecule has 0 fully saturated rings. The van der Waals surface area contributed by atoms with Crippen molar-refractivity contribution in [1.82, 2.24) is 10.6 Å². The van der Waals surface area contributed by atoms with Gasteiger partial charge in [0.05, 0.1) is 6.73 Å². The van der Waals surface area contributed by atoms with Gasteiger partial charge in [-0.05, 0) is 12.5 Å². The quantitative estimate of drug-likeness (QED) is 0.570. The summed E-state index contributed by atoms with van der Waals surface area (Å²) in [4.78, 5) is 11.5. The zero-order chi connectivity index (χ0) is 13.2. The molecule has 18 heavy (non-hydrogen) atoms. The Kier molecular flexibility index (Phi) is 6.83. The summed E-state index contributed by atoms with van der Waals surface area (Å²) in [6.45, 7) is 3.27. The van der Waals surface area contributed by atoms with Crippen LogP contribution in [0.25, 0.3) is 0 Å². The van der Waals surface area contributed by atoms with Crippen LogP contribution in [0.3, 0.4) is 0 Å². The summed E-state index contributed by atoms with van der Waals surface area (Å²) < 4.78 is 9.94. The van der Waals surface area contributed by atoms with E-state index >= 15 is 0 Å². The largest absolute Gasteiger partial charge is 0.445 e. The van der Waals surface area contributed by atoms with Gasteiger partial charge in [0.15, 0.2) is 0 Å². The minimum absolute atomic E-state index is 0.0107. The van der Waals surface area contributed by atoms with Gasteiger partial charge >= 0.3 is 6.09 Å². The predicted octanol–water partition coefficient (Wildman–Crippen LogP) is 1.49. The van der Waals surface area contributed by atoms with E-state index in [4.69, 9.17) is 9.47 Å². The van der Waals surface area contributed by atoms with Crippen LogP contribution in [0.4, 0.5) is 4.79 Å². The van der Waals surface area contributed by atoms with Crippen molar-refractivity contribution in [3.8, 4) is 0 Å². The molecule has 1 rings (SSSR count). The fourth-order valence-electron chi connectivity index (χ4n) is 1.39. The van der Waals surface area contributed by atoms with E-state index in [1.54, 1.807) is 7.11 Å². The maximum atomic E-state index is 11.5. The molecule has 2 N–H and O–H groups in total. The van der Waals surface area contributed by atoms with Crippen LogP contribution in [0, 0.1) is 0 Å². The van der Waals surface area contributed by atoms with E-state index in [1.807, 2.05) is 37.3 Å². The summed E-state index contributed by atoms with van der Waals surface area (Å²) in [6.07, 6.45) is -0.412. The average Bonchev–Trinajstić information content (AvgIpc) is 2.38. The number of amides is 1. The Morgan fingerprint density at radius 3 is 2.72 bits per heavy atom. The van der Waals surface area contributed by atoms with Crippen molar-refractivity contribution in [2.24, 2.45) is 0 Å². The fraction of sp³-hybridized carbons (Fsp3) is 0.462. The Balaban J connectivity index is 2.17. The third kappa shape index (κ3) is 6.22. The second-order valence-electron chi connectivity index (χ2n) is 3.99. The lowest BCUT2D eigenvalue weighted by Gasteiger charge is -2.14. The Bertz CT molecular complexity index is 343. The topological polar surface area (TPSA) is 59.6 Å². The van der Waals surface area contributed by atoms with Crippen molar-refractivity contribution in [2.75, 3.05) is 20.4 Å². The average molecular weight is 252 g/mol. The van der Waals surface area contributed by atoms with Gasteiger partial charge in [-0.3, -0.25) is 5.32 Å². The number of benzene rings is 1. The number of hydrogen-bond acceptors (Lipinski definition) is 4. The van der Waals surface area contributed by atoms with Gasteiger partial charge in [-0.25, -0.2) is 4.79 Å². The van der Waals surface area contributed by atoms with Gasteiger partial charge in [-0.15, -0.1) is 0 Å². The summed E-state index contributed by atoms with van der Waals surface area (Å²) >= 11 is 0. The van der Waals surface area contributed by atoms with Crippen LogP contribution in [0.2, 0.25) is 0 Å². The second-order valence-corrected chi connectivity index (χ2v) is 3.99. The number of ether oxygens (including phenoxy) is 2. The number of alkyl carbamates (subject to hydrolysis) is 1. The highest BCUT2D eigenvalue weighted by Crippen LogP contribution is 2.00. The molecule has 0 spiro atoms. The Hall–Kier alpha value is -1.59. The summed E-state index contributed by atoms with van der Waals surface area (Å²) in [5.74, 6) is 0. The molecule has 0 aromatic heterocycles. The SMILES string of the molecule is COCNC[C@H](C)NC(=O)OCc1ccccc1. The molecule has 0 radical (unpaired) electrons. The van der Waals surface area contributed by atoms with Gasteiger partial charge in [0.1, 0.15) is 6.61 Å². The summed E-state index contributed by atoms with van der Waals surface area (Å²) in [5.41, 5.74) is 0.970. The van der Waals surface area contributed by atoms with Crippen LogP contribution in [0.1, 0.15) is 12.5 Å².